The van der Waals surface area contributed by atoms with Crippen LogP contribution in [0.15, 0.2) is 41.0 Å². The van der Waals surface area contributed by atoms with Crippen LogP contribution >= 0.6 is 15.9 Å². The van der Waals surface area contributed by atoms with E-state index in [2.05, 4.69) is 27.4 Å². The number of halogens is 1. The number of nitro groups is 1. The van der Waals surface area contributed by atoms with Gasteiger partial charge in [-0.05, 0) is 40.0 Å². The molecule has 1 aromatic carbocycles. The van der Waals surface area contributed by atoms with Gasteiger partial charge in [-0.1, -0.05) is 19.1 Å². The molecule has 0 bridgehead atoms. The molecular formula is C15H18BrN3O2. The maximum absolute atomic E-state index is 11.0. The minimum absolute atomic E-state index is 0.0893. The lowest BCUT2D eigenvalue weighted by atomic mass is 10.1. The van der Waals surface area contributed by atoms with Crippen molar-refractivity contribution in [1.82, 2.24) is 4.57 Å². The van der Waals surface area contributed by atoms with Crippen molar-refractivity contribution in [2.45, 2.75) is 32.4 Å². The quantitative estimate of drug-likeness (QED) is 0.639. The molecule has 0 amide bonds. The Kier molecular flexibility index (Phi) is 5.14. The molecule has 0 saturated carbocycles. The summed E-state index contributed by atoms with van der Waals surface area (Å²) in [5.74, 6) is 0. The number of nitro benzene ring substituents is 1. The number of hydrogen-bond acceptors (Lipinski definition) is 3. The molecular weight excluding hydrogens is 334 g/mol. The summed E-state index contributed by atoms with van der Waals surface area (Å²) in [6.45, 7) is 2.65. The second kappa shape index (κ2) is 6.87. The molecule has 0 aliphatic carbocycles. The van der Waals surface area contributed by atoms with E-state index >= 15 is 0 Å². The van der Waals surface area contributed by atoms with Crippen LogP contribution in [0.3, 0.4) is 0 Å². The highest BCUT2D eigenvalue weighted by atomic mass is 79.9. The lowest BCUT2D eigenvalue weighted by Gasteiger charge is -2.13. The van der Waals surface area contributed by atoms with Gasteiger partial charge < -0.3 is 10.3 Å². The molecule has 1 heterocycles. The van der Waals surface area contributed by atoms with Crippen molar-refractivity contribution < 1.29 is 4.92 Å². The normalized spacial score (nSPS) is 12.3. The van der Waals surface area contributed by atoms with E-state index < -0.39 is 0 Å². The van der Waals surface area contributed by atoms with Gasteiger partial charge in [0.15, 0.2) is 0 Å². The van der Waals surface area contributed by atoms with E-state index in [1.165, 1.54) is 6.07 Å². The number of benzene rings is 1. The van der Waals surface area contributed by atoms with Crippen molar-refractivity contribution in [3.8, 4) is 0 Å². The van der Waals surface area contributed by atoms with E-state index in [1.54, 1.807) is 6.07 Å². The number of hydrogen-bond donors (Lipinski definition) is 1. The van der Waals surface area contributed by atoms with E-state index in [0.717, 1.165) is 24.1 Å². The molecule has 112 valence electrons. The summed E-state index contributed by atoms with van der Waals surface area (Å²) in [5.41, 5.74) is 8.12. The fourth-order valence-electron chi connectivity index (χ4n) is 2.21. The van der Waals surface area contributed by atoms with Crippen molar-refractivity contribution in [2.24, 2.45) is 5.73 Å². The smallest absolute Gasteiger partial charge is 0.283 e. The summed E-state index contributed by atoms with van der Waals surface area (Å²) in [7, 11) is 0. The first-order valence-corrected chi connectivity index (χ1v) is 7.63. The van der Waals surface area contributed by atoms with Crippen LogP contribution in [0, 0.1) is 10.1 Å². The molecule has 0 aliphatic heterocycles. The maximum atomic E-state index is 11.0. The lowest BCUT2D eigenvalue weighted by Crippen LogP contribution is -2.23. The summed E-state index contributed by atoms with van der Waals surface area (Å²) in [6, 6.07) is 9.24. The highest BCUT2D eigenvalue weighted by Gasteiger charge is 2.15. The summed E-state index contributed by atoms with van der Waals surface area (Å²) in [4.78, 5) is 10.6. The van der Waals surface area contributed by atoms with Gasteiger partial charge in [-0.15, -0.1) is 0 Å². The highest BCUT2D eigenvalue weighted by molar-refractivity contribution is 9.10. The first-order valence-electron chi connectivity index (χ1n) is 6.84. The molecule has 0 fully saturated rings. The van der Waals surface area contributed by atoms with Crippen LogP contribution in [-0.2, 0) is 13.0 Å². The first kappa shape index (κ1) is 15.7. The average Bonchev–Trinajstić information content (AvgIpc) is 2.87. The van der Waals surface area contributed by atoms with Crippen molar-refractivity contribution >= 4 is 21.6 Å². The third-order valence-corrected chi connectivity index (χ3v) is 4.43. The van der Waals surface area contributed by atoms with Crippen LogP contribution in [0.2, 0.25) is 0 Å². The van der Waals surface area contributed by atoms with Crippen molar-refractivity contribution in [2.75, 3.05) is 0 Å². The van der Waals surface area contributed by atoms with Gasteiger partial charge in [0.2, 0.25) is 0 Å². The van der Waals surface area contributed by atoms with Crippen LogP contribution in [0.4, 0.5) is 5.69 Å². The lowest BCUT2D eigenvalue weighted by molar-refractivity contribution is -0.385. The summed E-state index contributed by atoms with van der Waals surface area (Å²) in [5, 5.41) is 11.0. The number of nitrogens with two attached hydrogens (primary N) is 1. The predicted molar refractivity (Wildman–Crippen MR) is 86.3 cm³/mol. The van der Waals surface area contributed by atoms with E-state index in [1.807, 2.05) is 24.4 Å². The molecule has 21 heavy (non-hydrogen) atoms. The zero-order valence-corrected chi connectivity index (χ0v) is 13.4. The van der Waals surface area contributed by atoms with E-state index in [0.29, 0.717) is 11.0 Å². The predicted octanol–water partition coefficient (Wildman–Crippen LogP) is 3.49. The molecule has 1 unspecified atom stereocenters. The van der Waals surface area contributed by atoms with Gasteiger partial charge in [0.05, 0.1) is 4.92 Å². The van der Waals surface area contributed by atoms with Crippen molar-refractivity contribution in [3.63, 3.8) is 0 Å². The molecule has 1 aromatic heterocycles. The molecule has 0 radical (unpaired) electrons. The van der Waals surface area contributed by atoms with Gasteiger partial charge in [-0.2, -0.15) is 0 Å². The molecule has 1 atom stereocenters. The number of rotatable bonds is 6. The van der Waals surface area contributed by atoms with Crippen LogP contribution in [0.5, 0.6) is 0 Å². The monoisotopic (exact) mass is 351 g/mol. The van der Waals surface area contributed by atoms with E-state index in [-0.39, 0.29) is 16.7 Å². The van der Waals surface area contributed by atoms with Crippen LogP contribution in [0.1, 0.15) is 24.6 Å². The third-order valence-electron chi connectivity index (χ3n) is 3.51. The fourth-order valence-corrected chi connectivity index (χ4v) is 2.75. The molecule has 5 nitrogen and oxygen atoms in total. The van der Waals surface area contributed by atoms with E-state index in [4.69, 9.17) is 5.73 Å². The molecule has 0 saturated heterocycles. The van der Waals surface area contributed by atoms with Gasteiger partial charge in [0, 0.05) is 37.0 Å². The Morgan fingerprint density at radius 2 is 2.14 bits per heavy atom. The average molecular weight is 352 g/mol. The zero-order chi connectivity index (χ0) is 15.4. The Bertz CT molecular complexity index is 640. The minimum atomic E-state index is -0.378. The fraction of sp³-hybridized carbons (Fsp3) is 0.333. The van der Waals surface area contributed by atoms with Crippen molar-refractivity contribution in [1.29, 1.82) is 0 Å². The zero-order valence-electron chi connectivity index (χ0n) is 11.8. The Hall–Kier alpha value is -1.66. The van der Waals surface area contributed by atoms with Crippen LogP contribution in [-0.4, -0.2) is 15.5 Å². The number of aromatic nitrogens is 1. The largest absolute Gasteiger partial charge is 0.347 e. The topological polar surface area (TPSA) is 74.1 Å². The van der Waals surface area contributed by atoms with Crippen molar-refractivity contribution in [3.05, 3.63) is 62.4 Å². The molecule has 2 rings (SSSR count). The third kappa shape index (κ3) is 3.71. The Morgan fingerprint density at radius 1 is 1.38 bits per heavy atom. The molecule has 2 aromatic rings. The van der Waals surface area contributed by atoms with Gasteiger partial charge in [-0.3, -0.25) is 10.1 Å². The van der Waals surface area contributed by atoms with Crippen LogP contribution in [0.25, 0.3) is 0 Å². The summed E-state index contributed by atoms with van der Waals surface area (Å²) in [6.07, 6.45) is 3.70. The van der Waals surface area contributed by atoms with E-state index in [9.17, 15) is 10.1 Å². The summed E-state index contributed by atoms with van der Waals surface area (Å²) < 4.78 is 2.62. The Balaban J connectivity index is 2.25. The number of nitrogens with zero attached hydrogens (tertiary/aromatic N) is 2. The minimum Gasteiger partial charge on any atom is -0.347 e. The SMILES string of the molecule is CCC(N)Cc1cccn1Cc1cccc([N+](=O)[O-])c1Br. The van der Waals surface area contributed by atoms with Gasteiger partial charge >= 0.3 is 0 Å². The maximum Gasteiger partial charge on any atom is 0.283 e. The Labute approximate surface area is 132 Å². The highest BCUT2D eigenvalue weighted by Crippen LogP contribution is 2.29. The standard InChI is InChI=1S/C15H18BrN3O2/c1-2-12(17)9-13-6-4-8-18(13)10-11-5-3-7-14(15(11)16)19(20)21/h3-8,12H,2,9-10,17H2,1H3. The first-order chi connectivity index (χ1) is 10.0. The van der Waals surface area contributed by atoms with Gasteiger partial charge in [-0.25, -0.2) is 0 Å². The molecule has 0 spiro atoms. The van der Waals surface area contributed by atoms with Crippen LogP contribution < -0.4 is 5.73 Å². The molecule has 6 heteroatoms. The molecule has 2 N–H and O–H groups in total. The van der Waals surface area contributed by atoms with Gasteiger partial charge in [0.25, 0.3) is 5.69 Å². The summed E-state index contributed by atoms with van der Waals surface area (Å²) >= 11 is 3.34. The second-order valence-corrected chi connectivity index (χ2v) is 5.80. The Morgan fingerprint density at radius 3 is 2.81 bits per heavy atom. The van der Waals surface area contributed by atoms with Gasteiger partial charge in [0.1, 0.15) is 4.47 Å². The molecule has 0 aliphatic rings. The second-order valence-electron chi connectivity index (χ2n) is 5.01.